The van der Waals surface area contributed by atoms with Crippen molar-refractivity contribution in [2.45, 2.75) is 38.1 Å². The molecule has 1 saturated carbocycles. The van der Waals surface area contributed by atoms with Gasteiger partial charge in [-0.15, -0.1) is 0 Å². The van der Waals surface area contributed by atoms with Gasteiger partial charge in [-0.05, 0) is 12.8 Å². The lowest BCUT2D eigenvalue weighted by molar-refractivity contribution is 0.540. The van der Waals surface area contributed by atoms with Gasteiger partial charge in [0.05, 0.1) is 11.4 Å². The lowest BCUT2D eigenvalue weighted by Crippen LogP contribution is -2.09. The third-order valence-corrected chi connectivity index (χ3v) is 2.82. The summed E-state index contributed by atoms with van der Waals surface area (Å²) in [5.41, 5.74) is 6.29. The number of nitrogens with zero attached hydrogens (tertiary/aromatic N) is 2. The maximum absolute atomic E-state index is 13.7. The van der Waals surface area contributed by atoms with Crippen molar-refractivity contribution in [2.75, 3.05) is 0 Å². The summed E-state index contributed by atoms with van der Waals surface area (Å²) in [5, 5.41) is 0. The molecule has 0 unspecified atom stereocenters. The molecule has 0 aliphatic heterocycles. The van der Waals surface area contributed by atoms with E-state index in [1.807, 2.05) is 0 Å². The number of hydrogen-bond donors (Lipinski definition) is 1. The molecule has 1 aliphatic carbocycles. The minimum atomic E-state index is -0.290. The zero-order chi connectivity index (χ0) is 9.97. The number of hydrogen-bond acceptors (Lipinski definition) is 3. The zero-order valence-electron chi connectivity index (χ0n) is 8.04. The molecule has 1 fully saturated rings. The van der Waals surface area contributed by atoms with Crippen LogP contribution in [0.1, 0.15) is 43.0 Å². The molecule has 4 heteroatoms. The second-order valence-electron chi connectivity index (χ2n) is 3.71. The first kappa shape index (κ1) is 9.52. The van der Waals surface area contributed by atoms with Crippen LogP contribution in [0.2, 0.25) is 0 Å². The zero-order valence-corrected chi connectivity index (χ0v) is 8.04. The minimum absolute atomic E-state index is 0.147. The van der Waals surface area contributed by atoms with Gasteiger partial charge in [-0.3, -0.25) is 0 Å². The van der Waals surface area contributed by atoms with Crippen molar-refractivity contribution in [3.05, 3.63) is 23.5 Å². The highest BCUT2D eigenvalue weighted by atomic mass is 19.1. The Bertz CT molecular complexity index is 321. The summed E-state index contributed by atoms with van der Waals surface area (Å²) >= 11 is 0. The SMILES string of the molecule is NCc1ncnc(C2CCCC2)c1F. The van der Waals surface area contributed by atoms with Crippen LogP contribution >= 0.6 is 0 Å². The van der Waals surface area contributed by atoms with Gasteiger partial charge in [0, 0.05) is 12.5 Å². The van der Waals surface area contributed by atoms with Gasteiger partial charge in [0.15, 0.2) is 5.82 Å². The number of aromatic nitrogens is 2. The van der Waals surface area contributed by atoms with Crippen molar-refractivity contribution in [1.82, 2.24) is 9.97 Å². The van der Waals surface area contributed by atoms with E-state index in [0.717, 1.165) is 12.8 Å². The Hall–Kier alpha value is -1.03. The van der Waals surface area contributed by atoms with Crippen LogP contribution in [-0.4, -0.2) is 9.97 Å². The Balaban J connectivity index is 2.32. The van der Waals surface area contributed by atoms with Crippen LogP contribution in [0, 0.1) is 5.82 Å². The van der Waals surface area contributed by atoms with Crippen LogP contribution < -0.4 is 5.73 Å². The normalized spacial score (nSPS) is 17.6. The fraction of sp³-hybridized carbons (Fsp3) is 0.600. The van der Waals surface area contributed by atoms with Crippen molar-refractivity contribution >= 4 is 0 Å². The van der Waals surface area contributed by atoms with E-state index < -0.39 is 0 Å². The van der Waals surface area contributed by atoms with E-state index in [-0.39, 0.29) is 18.3 Å². The van der Waals surface area contributed by atoms with Crippen molar-refractivity contribution in [3.8, 4) is 0 Å². The molecule has 3 nitrogen and oxygen atoms in total. The van der Waals surface area contributed by atoms with Crippen molar-refractivity contribution in [2.24, 2.45) is 5.73 Å². The smallest absolute Gasteiger partial charge is 0.167 e. The van der Waals surface area contributed by atoms with Crippen LogP contribution in [0.3, 0.4) is 0 Å². The molecular formula is C10H14FN3. The number of halogens is 1. The Kier molecular flexibility index (Phi) is 2.72. The minimum Gasteiger partial charge on any atom is -0.325 e. The number of nitrogens with two attached hydrogens (primary N) is 1. The molecule has 0 spiro atoms. The average Bonchev–Trinajstić information content (AvgIpc) is 2.71. The maximum Gasteiger partial charge on any atom is 0.167 e. The highest BCUT2D eigenvalue weighted by Gasteiger charge is 2.23. The monoisotopic (exact) mass is 195 g/mol. The molecule has 0 bridgehead atoms. The van der Waals surface area contributed by atoms with Crippen molar-refractivity contribution in [1.29, 1.82) is 0 Å². The van der Waals surface area contributed by atoms with Gasteiger partial charge < -0.3 is 5.73 Å². The molecule has 0 atom stereocenters. The van der Waals surface area contributed by atoms with E-state index in [1.54, 1.807) is 0 Å². The quantitative estimate of drug-likeness (QED) is 0.781. The molecule has 1 aromatic rings. The summed E-state index contributed by atoms with van der Waals surface area (Å²) < 4.78 is 13.7. The Morgan fingerprint density at radius 1 is 1.36 bits per heavy atom. The summed E-state index contributed by atoms with van der Waals surface area (Å²) in [4.78, 5) is 7.84. The molecule has 2 rings (SSSR count). The van der Waals surface area contributed by atoms with Crippen molar-refractivity contribution in [3.63, 3.8) is 0 Å². The van der Waals surface area contributed by atoms with Crippen LogP contribution in [0.25, 0.3) is 0 Å². The van der Waals surface area contributed by atoms with Crippen LogP contribution in [0.4, 0.5) is 4.39 Å². The fourth-order valence-electron chi connectivity index (χ4n) is 2.05. The van der Waals surface area contributed by atoms with Crippen LogP contribution in [0.5, 0.6) is 0 Å². The van der Waals surface area contributed by atoms with E-state index in [2.05, 4.69) is 9.97 Å². The van der Waals surface area contributed by atoms with Gasteiger partial charge in [-0.1, -0.05) is 12.8 Å². The molecule has 1 aromatic heterocycles. The third-order valence-electron chi connectivity index (χ3n) is 2.82. The van der Waals surface area contributed by atoms with E-state index in [1.165, 1.54) is 19.2 Å². The molecule has 0 aromatic carbocycles. The van der Waals surface area contributed by atoms with Gasteiger partial charge in [-0.25, -0.2) is 14.4 Å². The maximum atomic E-state index is 13.7. The standard InChI is InChI=1S/C10H14FN3/c11-9-8(5-12)13-6-14-10(9)7-3-1-2-4-7/h6-7H,1-5,12H2. The first-order chi connectivity index (χ1) is 6.83. The summed E-state index contributed by atoms with van der Waals surface area (Å²) in [7, 11) is 0. The Morgan fingerprint density at radius 2 is 2.07 bits per heavy atom. The summed E-state index contributed by atoms with van der Waals surface area (Å²) in [6.07, 6.45) is 5.84. The number of rotatable bonds is 2. The lowest BCUT2D eigenvalue weighted by Gasteiger charge is -2.10. The molecule has 0 saturated heterocycles. The van der Waals surface area contributed by atoms with Gasteiger partial charge >= 0.3 is 0 Å². The van der Waals surface area contributed by atoms with Crippen LogP contribution in [-0.2, 0) is 6.54 Å². The predicted octanol–water partition coefficient (Wildman–Crippen LogP) is 1.73. The largest absolute Gasteiger partial charge is 0.325 e. The molecule has 0 amide bonds. The molecule has 14 heavy (non-hydrogen) atoms. The summed E-state index contributed by atoms with van der Waals surface area (Å²) in [6.45, 7) is 0.147. The third kappa shape index (κ3) is 1.62. The van der Waals surface area contributed by atoms with E-state index in [0.29, 0.717) is 11.4 Å². The van der Waals surface area contributed by atoms with Crippen LogP contribution in [0.15, 0.2) is 6.33 Å². The lowest BCUT2D eigenvalue weighted by atomic mass is 10.0. The first-order valence-electron chi connectivity index (χ1n) is 5.02. The van der Waals surface area contributed by atoms with Gasteiger partial charge in [-0.2, -0.15) is 0 Å². The van der Waals surface area contributed by atoms with Gasteiger partial charge in [0.25, 0.3) is 0 Å². The fourth-order valence-corrected chi connectivity index (χ4v) is 2.05. The molecule has 0 radical (unpaired) electrons. The molecule has 2 N–H and O–H groups in total. The topological polar surface area (TPSA) is 51.8 Å². The molecule has 1 aliphatic rings. The highest BCUT2D eigenvalue weighted by Crippen LogP contribution is 2.34. The first-order valence-corrected chi connectivity index (χ1v) is 5.02. The Labute approximate surface area is 82.6 Å². The summed E-state index contributed by atoms with van der Waals surface area (Å²) in [5.74, 6) is -0.00907. The molecular weight excluding hydrogens is 181 g/mol. The second kappa shape index (κ2) is 4.00. The molecule has 76 valence electrons. The van der Waals surface area contributed by atoms with Crippen molar-refractivity contribution < 1.29 is 4.39 Å². The van der Waals surface area contributed by atoms with E-state index in [4.69, 9.17) is 5.73 Å². The van der Waals surface area contributed by atoms with Gasteiger partial charge in [0.2, 0.25) is 0 Å². The predicted molar refractivity (Wildman–Crippen MR) is 51.1 cm³/mol. The summed E-state index contributed by atoms with van der Waals surface area (Å²) in [6, 6.07) is 0. The highest BCUT2D eigenvalue weighted by molar-refractivity contribution is 5.16. The Morgan fingerprint density at radius 3 is 2.71 bits per heavy atom. The van der Waals surface area contributed by atoms with Gasteiger partial charge in [0.1, 0.15) is 6.33 Å². The second-order valence-corrected chi connectivity index (χ2v) is 3.71. The molecule has 1 heterocycles. The van der Waals surface area contributed by atoms with E-state index >= 15 is 0 Å². The van der Waals surface area contributed by atoms with E-state index in [9.17, 15) is 4.39 Å². The average molecular weight is 195 g/mol.